The molecule has 0 amide bonds. The van der Waals surface area contributed by atoms with Gasteiger partial charge in [-0.1, -0.05) is 26.7 Å². The third kappa shape index (κ3) is 2.78. The minimum Gasteiger partial charge on any atom is -0.303 e. The van der Waals surface area contributed by atoms with Crippen LogP contribution in [0.5, 0.6) is 0 Å². The Kier molecular flexibility index (Phi) is 4.07. The highest BCUT2D eigenvalue weighted by Gasteiger charge is 2.21. The molecule has 1 fully saturated rings. The Balaban J connectivity index is 2.29. The van der Waals surface area contributed by atoms with Crippen molar-refractivity contribution in [3.63, 3.8) is 0 Å². The van der Waals surface area contributed by atoms with Crippen molar-refractivity contribution in [1.29, 1.82) is 0 Å². The van der Waals surface area contributed by atoms with E-state index in [1.165, 1.54) is 38.6 Å². The van der Waals surface area contributed by atoms with Crippen LogP contribution in [-0.4, -0.2) is 24.5 Å². The fraction of sp³-hybridized carbons (Fsp3) is 1.00. The van der Waals surface area contributed by atoms with E-state index in [0.29, 0.717) is 0 Å². The molecular weight excluding hydrogens is 146 g/mol. The predicted octanol–water partition coefficient (Wildman–Crippen LogP) is 2.91. The van der Waals surface area contributed by atoms with E-state index in [-0.39, 0.29) is 0 Å². The monoisotopic (exact) mass is 169 g/mol. The summed E-state index contributed by atoms with van der Waals surface area (Å²) in [5.74, 6) is 0.961. The maximum atomic E-state index is 2.55. The number of nitrogens with zero attached hydrogens (tertiary/aromatic N) is 1. The first kappa shape index (κ1) is 10.0. The normalized spacial score (nSPS) is 31.0. The van der Waals surface area contributed by atoms with Crippen LogP contribution in [0, 0.1) is 5.92 Å². The third-order valence-corrected chi connectivity index (χ3v) is 3.11. The lowest BCUT2D eigenvalue weighted by Gasteiger charge is -2.33. The summed E-state index contributed by atoms with van der Waals surface area (Å²) < 4.78 is 0. The summed E-state index contributed by atoms with van der Waals surface area (Å²) in [5, 5.41) is 0. The molecule has 1 aliphatic rings. The third-order valence-electron chi connectivity index (χ3n) is 3.11. The Bertz CT molecular complexity index is 122. The first-order chi connectivity index (χ1) is 5.74. The minimum atomic E-state index is 0.883. The smallest absolute Gasteiger partial charge is 0.00947 e. The fourth-order valence-corrected chi connectivity index (χ4v) is 2.34. The van der Waals surface area contributed by atoms with Crippen molar-refractivity contribution >= 4 is 0 Å². The summed E-state index contributed by atoms with van der Waals surface area (Å²) in [7, 11) is 2.28. The average molecular weight is 169 g/mol. The van der Waals surface area contributed by atoms with Crippen LogP contribution in [0.4, 0.5) is 0 Å². The molecule has 0 radical (unpaired) electrons. The Labute approximate surface area is 77.1 Å². The van der Waals surface area contributed by atoms with Crippen LogP contribution in [0.2, 0.25) is 0 Å². The van der Waals surface area contributed by atoms with Gasteiger partial charge in [0.1, 0.15) is 0 Å². The molecule has 0 saturated heterocycles. The van der Waals surface area contributed by atoms with Gasteiger partial charge in [-0.25, -0.2) is 0 Å². The van der Waals surface area contributed by atoms with Crippen LogP contribution in [0.1, 0.15) is 46.0 Å². The molecule has 2 atom stereocenters. The molecule has 0 aromatic carbocycles. The van der Waals surface area contributed by atoms with Gasteiger partial charge in [-0.15, -0.1) is 0 Å². The van der Waals surface area contributed by atoms with Gasteiger partial charge < -0.3 is 4.90 Å². The van der Waals surface area contributed by atoms with Gasteiger partial charge in [0.15, 0.2) is 0 Å². The molecule has 1 aliphatic carbocycles. The molecule has 0 spiro atoms. The lowest BCUT2D eigenvalue weighted by molar-refractivity contribution is 0.164. The first-order valence-electron chi connectivity index (χ1n) is 5.44. The predicted molar refractivity (Wildman–Crippen MR) is 54.3 cm³/mol. The summed E-state index contributed by atoms with van der Waals surface area (Å²) in [6.07, 6.45) is 7.05. The van der Waals surface area contributed by atoms with Crippen molar-refractivity contribution in [2.75, 3.05) is 13.6 Å². The molecule has 1 heteroatoms. The second-order valence-electron chi connectivity index (χ2n) is 4.41. The van der Waals surface area contributed by atoms with Crippen LogP contribution in [0.25, 0.3) is 0 Å². The van der Waals surface area contributed by atoms with E-state index >= 15 is 0 Å². The topological polar surface area (TPSA) is 3.24 Å². The van der Waals surface area contributed by atoms with Crippen LogP contribution in [-0.2, 0) is 0 Å². The van der Waals surface area contributed by atoms with Gasteiger partial charge >= 0.3 is 0 Å². The molecule has 0 N–H and O–H groups in total. The second kappa shape index (κ2) is 4.86. The van der Waals surface area contributed by atoms with Gasteiger partial charge in [0.2, 0.25) is 0 Å². The van der Waals surface area contributed by atoms with E-state index in [2.05, 4.69) is 25.8 Å². The Morgan fingerprint density at radius 1 is 1.33 bits per heavy atom. The summed E-state index contributed by atoms with van der Waals surface area (Å²) >= 11 is 0. The first-order valence-corrected chi connectivity index (χ1v) is 5.44. The van der Waals surface area contributed by atoms with Crippen molar-refractivity contribution in [1.82, 2.24) is 4.90 Å². The molecule has 2 unspecified atom stereocenters. The molecule has 0 aliphatic heterocycles. The molecular formula is C11H23N. The van der Waals surface area contributed by atoms with Crippen molar-refractivity contribution in [3.05, 3.63) is 0 Å². The molecule has 1 nitrogen and oxygen atoms in total. The summed E-state index contributed by atoms with van der Waals surface area (Å²) in [5.41, 5.74) is 0. The lowest BCUT2D eigenvalue weighted by Crippen LogP contribution is -2.35. The quantitative estimate of drug-likeness (QED) is 0.628. The molecule has 1 rings (SSSR count). The average Bonchev–Trinajstić information content (AvgIpc) is 2.05. The van der Waals surface area contributed by atoms with Crippen LogP contribution in [0.3, 0.4) is 0 Å². The van der Waals surface area contributed by atoms with Gasteiger partial charge in [-0.3, -0.25) is 0 Å². The molecule has 72 valence electrons. The van der Waals surface area contributed by atoms with Crippen molar-refractivity contribution in [2.45, 2.75) is 52.0 Å². The zero-order chi connectivity index (χ0) is 8.97. The number of hydrogen-bond donors (Lipinski definition) is 0. The summed E-state index contributed by atoms with van der Waals surface area (Å²) in [4.78, 5) is 2.55. The number of rotatable bonds is 3. The van der Waals surface area contributed by atoms with Crippen molar-refractivity contribution in [2.24, 2.45) is 5.92 Å². The molecule has 12 heavy (non-hydrogen) atoms. The van der Waals surface area contributed by atoms with Gasteiger partial charge in [0.05, 0.1) is 0 Å². The van der Waals surface area contributed by atoms with Gasteiger partial charge in [-0.2, -0.15) is 0 Å². The minimum absolute atomic E-state index is 0.883. The maximum Gasteiger partial charge on any atom is 0.00947 e. The zero-order valence-electron chi connectivity index (χ0n) is 8.84. The highest BCUT2D eigenvalue weighted by atomic mass is 15.1. The molecule has 0 bridgehead atoms. The standard InChI is InChI=1S/C11H23N/c1-4-8-12(3)11-7-5-6-10(2)9-11/h10-11H,4-9H2,1-3H3. The van der Waals surface area contributed by atoms with Crippen LogP contribution < -0.4 is 0 Å². The molecule has 0 aromatic heterocycles. The van der Waals surface area contributed by atoms with E-state index < -0.39 is 0 Å². The van der Waals surface area contributed by atoms with Crippen molar-refractivity contribution < 1.29 is 0 Å². The highest BCUT2D eigenvalue weighted by Crippen LogP contribution is 2.26. The van der Waals surface area contributed by atoms with Crippen LogP contribution in [0.15, 0.2) is 0 Å². The SMILES string of the molecule is CCCN(C)C1CCCC(C)C1. The lowest BCUT2D eigenvalue weighted by atomic mass is 9.86. The van der Waals surface area contributed by atoms with E-state index in [0.717, 1.165) is 12.0 Å². The largest absolute Gasteiger partial charge is 0.303 e. The van der Waals surface area contributed by atoms with E-state index in [1.807, 2.05) is 0 Å². The Hall–Kier alpha value is -0.0400. The maximum absolute atomic E-state index is 2.55. The van der Waals surface area contributed by atoms with Gasteiger partial charge in [0.25, 0.3) is 0 Å². The Morgan fingerprint density at radius 2 is 2.08 bits per heavy atom. The molecule has 0 aromatic rings. The van der Waals surface area contributed by atoms with E-state index in [4.69, 9.17) is 0 Å². The molecule has 1 saturated carbocycles. The van der Waals surface area contributed by atoms with Gasteiger partial charge in [0, 0.05) is 6.04 Å². The second-order valence-corrected chi connectivity index (χ2v) is 4.41. The Morgan fingerprint density at radius 3 is 2.67 bits per heavy atom. The van der Waals surface area contributed by atoms with E-state index in [9.17, 15) is 0 Å². The summed E-state index contributed by atoms with van der Waals surface area (Å²) in [6.45, 7) is 5.94. The van der Waals surface area contributed by atoms with Crippen LogP contribution >= 0.6 is 0 Å². The summed E-state index contributed by atoms with van der Waals surface area (Å²) in [6, 6.07) is 0.883. The molecule has 0 heterocycles. The number of hydrogen-bond acceptors (Lipinski definition) is 1. The zero-order valence-corrected chi connectivity index (χ0v) is 8.84. The van der Waals surface area contributed by atoms with Crippen molar-refractivity contribution in [3.8, 4) is 0 Å². The van der Waals surface area contributed by atoms with E-state index in [1.54, 1.807) is 0 Å². The fourth-order valence-electron chi connectivity index (χ4n) is 2.34. The highest BCUT2D eigenvalue weighted by molar-refractivity contribution is 4.76. The van der Waals surface area contributed by atoms with Gasteiger partial charge in [-0.05, 0) is 38.8 Å².